The molecule has 0 amide bonds. The number of aromatic nitrogens is 4. The van der Waals surface area contributed by atoms with Crippen molar-refractivity contribution in [2.75, 3.05) is 48.4 Å². The third-order valence-electron chi connectivity index (χ3n) is 5.96. The van der Waals surface area contributed by atoms with Crippen molar-refractivity contribution in [3.63, 3.8) is 0 Å². The predicted molar refractivity (Wildman–Crippen MR) is 132 cm³/mol. The first kappa shape index (κ1) is 20.9. The second kappa shape index (κ2) is 8.90. The van der Waals surface area contributed by atoms with Gasteiger partial charge < -0.3 is 19.9 Å². The first-order valence-electron chi connectivity index (χ1n) is 11.1. The van der Waals surface area contributed by atoms with Gasteiger partial charge >= 0.3 is 0 Å². The lowest BCUT2D eigenvalue weighted by atomic mass is 10.1. The second-order valence-electron chi connectivity index (χ2n) is 8.19. The highest BCUT2D eigenvalue weighted by atomic mass is 16.5. The molecule has 0 atom stereocenters. The highest BCUT2D eigenvalue weighted by Gasteiger charge is 2.23. The van der Waals surface area contributed by atoms with Crippen LogP contribution in [0, 0.1) is 13.8 Å². The Bertz CT molecular complexity index is 1280. The molecule has 8 nitrogen and oxygen atoms in total. The molecule has 2 aromatic carbocycles. The number of ether oxygens (including phenoxy) is 1. The van der Waals surface area contributed by atoms with Gasteiger partial charge in [-0.2, -0.15) is 9.97 Å². The van der Waals surface area contributed by atoms with E-state index in [1.165, 1.54) is 5.56 Å². The van der Waals surface area contributed by atoms with E-state index in [9.17, 15) is 0 Å². The van der Waals surface area contributed by atoms with Gasteiger partial charge in [-0.3, -0.25) is 0 Å². The number of hydrogen-bond acceptors (Lipinski definition) is 8. The Kier molecular flexibility index (Phi) is 5.64. The smallest absolute Gasteiger partial charge is 0.229 e. The Balaban J connectivity index is 1.43. The average Bonchev–Trinajstić information content (AvgIpc) is 2.86. The summed E-state index contributed by atoms with van der Waals surface area (Å²) in [5, 5.41) is 3.48. The van der Waals surface area contributed by atoms with Crippen molar-refractivity contribution in [3.8, 4) is 5.75 Å². The molecule has 0 radical (unpaired) electrons. The summed E-state index contributed by atoms with van der Waals surface area (Å²) in [6.07, 6.45) is 3.34. The van der Waals surface area contributed by atoms with Crippen molar-refractivity contribution < 1.29 is 4.74 Å². The lowest BCUT2D eigenvalue weighted by molar-refractivity contribution is 0.413. The molecule has 0 spiro atoms. The molecule has 0 bridgehead atoms. The predicted octanol–water partition coefficient (Wildman–Crippen LogP) is 4.12. The zero-order chi connectivity index (χ0) is 22.8. The fourth-order valence-corrected chi connectivity index (χ4v) is 4.12. The Morgan fingerprint density at radius 3 is 2.45 bits per heavy atom. The van der Waals surface area contributed by atoms with Crippen molar-refractivity contribution in [3.05, 3.63) is 66.0 Å². The van der Waals surface area contributed by atoms with Gasteiger partial charge in [0.2, 0.25) is 5.95 Å². The Morgan fingerprint density at radius 2 is 1.64 bits per heavy atom. The van der Waals surface area contributed by atoms with Crippen LogP contribution in [0.2, 0.25) is 0 Å². The first-order valence-corrected chi connectivity index (χ1v) is 11.1. The molecule has 2 aromatic heterocycles. The number of fused-ring (bicyclic) bond motifs is 1. The number of benzene rings is 2. The average molecular weight is 442 g/mol. The molecule has 5 rings (SSSR count). The maximum absolute atomic E-state index is 5.55. The van der Waals surface area contributed by atoms with Gasteiger partial charge in [-0.05, 0) is 43.2 Å². The van der Waals surface area contributed by atoms with Crippen molar-refractivity contribution in [1.82, 2.24) is 19.9 Å². The molecule has 1 aliphatic rings. The van der Waals surface area contributed by atoms with E-state index in [0.29, 0.717) is 22.9 Å². The molecule has 1 N–H and O–H groups in total. The van der Waals surface area contributed by atoms with Gasteiger partial charge in [0, 0.05) is 44.3 Å². The van der Waals surface area contributed by atoms with Crippen LogP contribution in [0.5, 0.6) is 5.75 Å². The third-order valence-corrected chi connectivity index (χ3v) is 5.96. The van der Waals surface area contributed by atoms with E-state index >= 15 is 0 Å². The first-order chi connectivity index (χ1) is 16.1. The van der Waals surface area contributed by atoms with E-state index in [0.717, 1.165) is 48.9 Å². The van der Waals surface area contributed by atoms with E-state index in [1.54, 1.807) is 19.5 Å². The number of anilines is 4. The van der Waals surface area contributed by atoms with Crippen LogP contribution in [0.25, 0.3) is 11.2 Å². The molecule has 0 unspecified atom stereocenters. The SMILES string of the molecule is COc1ccccc1N1CCN(c2nc(Nc3cc(C)ccc3C)c3nccnc3n2)CC1. The van der Waals surface area contributed by atoms with Crippen LogP contribution in [-0.4, -0.2) is 53.2 Å². The van der Waals surface area contributed by atoms with Crippen molar-refractivity contribution in [2.45, 2.75) is 13.8 Å². The van der Waals surface area contributed by atoms with Crippen LogP contribution in [-0.2, 0) is 0 Å². The summed E-state index contributed by atoms with van der Waals surface area (Å²) in [6, 6.07) is 14.5. The highest BCUT2D eigenvalue weighted by Crippen LogP contribution is 2.30. The van der Waals surface area contributed by atoms with E-state index in [-0.39, 0.29) is 0 Å². The van der Waals surface area contributed by atoms with E-state index in [4.69, 9.17) is 14.7 Å². The maximum atomic E-state index is 5.55. The van der Waals surface area contributed by atoms with Crippen LogP contribution >= 0.6 is 0 Å². The molecule has 1 saturated heterocycles. The van der Waals surface area contributed by atoms with Gasteiger partial charge in [0.1, 0.15) is 5.75 Å². The van der Waals surface area contributed by atoms with Crippen LogP contribution in [0.15, 0.2) is 54.9 Å². The molecule has 1 fully saturated rings. The van der Waals surface area contributed by atoms with Crippen LogP contribution < -0.4 is 19.9 Å². The van der Waals surface area contributed by atoms with E-state index in [2.05, 4.69) is 63.2 Å². The highest BCUT2D eigenvalue weighted by molar-refractivity contribution is 5.86. The zero-order valence-electron chi connectivity index (χ0n) is 19.1. The number of para-hydroxylation sites is 2. The number of nitrogens with one attached hydrogen (secondary N) is 1. The topological polar surface area (TPSA) is 79.3 Å². The monoisotopic (exact) mass is 441 g/mol. The van der Waals surface area contributed by atoms with Crippen LogP contribution in [0.4, 0.5) is 23.1 Å². The van der Waals surface area contributed by atoms with Crippen molar-refractivity contribution in [1.29, 1.82) is 0 Å². The molecule has 33 heavy (non-hydrogen) atoms. The molecule has 1 aliphatic heterocycles. The summed E-state index contributed by atoms with van der Waals surface area (Å²) in [5.41, 5.74) is 5.69. The van der Waals surface area contributed by atoms with Gasteiger partial charge in [-0.1, -0.05) is 24.3 Å². The summed E-state index contributed by atoms with van der Waals surface area (Å²) in [6.45, 7) is 7.45. The quantitative estimate of drug-likeness (QED) is 0.496. The second-order valence-corrected chi connectivity index (χ2v) is 8.19. The molecule has 8 heteroatoms. The lowest BCUT2D eigenvalue weighted by Crippen LogP contribution is -2.47. The molecule has 0 saturated carbocycles. The minimum absolute atomic E-state index is 0.586. The minimum Gasteiger partial charge on any atom is -0.495 e. The molecular formula is C25H27N7O. The van der Waals surface area contributed by atoms with Crippen molar-refractivity contribution >= 4 is 34.3 Å². The van der Waals surface area contributed by atoms with E-state index in [1.807, 2.05) is 18.2 Å². The molecule has 0 aliphatic carbocycles. The number of rotatable bonds is 5. The summed E-state index contributed by atoms with van der Waals surface area (Å²) in [5.74, 6) is 2.22. The molecule has 168 valence electrons. The van der Waals surface area contributed by atoms with Gasteiger partial charge in [-0.25, -0.2) is 9.97 Å². The number of nitrogens with zero attached hydrogens (tertiary/aromatic N) is 6. The lowest BCUT2D eigenvalue weighted by Gasteiger charge is -2.36. The van der Waals surface area contributed by atoms with Gasteiger partial charge in [0.25, 0.3) is 0 Å². The van der Waals surface area contributed by atoms with Crippen molar-refractivity contribution in [2.24, 2.45) is 0 Å². The van der Waals surface area contributed by atoms with E-state index < -0.39 is 0 Å². The van der Waals surface area contributed by atoms with Gasteiger partial charge in [-0.15, -0.1) is 0 Å². The minimum atomic E-state index is 0.586. The summed E-state index contributed by atoms with van der Waals surface area (Å²) in [4.78, 5) is 23.1. The largest absolute Gasteiger partial charge is 0.495 e. The fraction of sp³-hybridized carbons (Fsp3) is 0.280. The number of methoxy groups -OCH3 is 1. The number of aryl methyl sites for hydroxylation is 2. The summed E-state index contributed by atoms with van der Waals surface area (Å²) >= 11 is 0. The third kappa shape index (κ3) is 4.24. The van der Waals surface area contributed by atoms with Gasteiger partial charge in [0.05, 0.1) is 12.8 Å². The Morgan fingerprint density at radius 1 is 0.879 bits per heavy atom. The molecular weight excluding hydrogens is 414 g/mol. The number of hydrogen-bond donors (Lipinski definition) is 1. The Labute approximate surface area is 193 Å². The van der Waals surface area contributed by atoms with Crippen LogP contribution in [0.1, 0.15) is 11.1 Å². The normalized spacial score (nSPS) is 13.9. The fourth-order valence-electron chi connectivity index (χ4n) is 4.12. The van der Waals surface area contributed by atoms with Gasteiger partial charge in [0.15, 0.2) is 17.0 Å². The Hall–Kier alpha value is -3.94. The summed E-state index contributed by atoms with van der Waals surface area (Å²) in [7, 11) is 1.71. The number of piperazine rings is 1. The van der Waals surface area contributed by atoms with Crippen LogP contribution in [0.3, 0.4) is 0 Å². The molecule has 4 aromatic rings. The maximum Gasteiger partial charge on any atom is 0.229 e. The zero-order valence-corrected chi connectivity index (χ0v) is 19.1. The standard InChI is InChI=1S/C25H27N7O/c1-17-8-9-18(2)19(16-17)28-24-22-23(27-11-10-26-22)29-25(30-24)32-14-12-31(13-15-32)20-6-4-5-7-21(20)33-3/h4-11,16H,12-15H2,1-3H3,(H,27,28,29,30). The molecule has 3 heterocycles. The summed E-state index contributed by atoms with van der Waals surface area (Å²) < 4.78 is 5.55.